The second kappa shape index (κ2) is 6.53. The molecule has 0 bridgehead atoms. The van der Waals surface area contributed by atoms with E-state index in [-0.39, 0.29) is 18.2 Å². The lowest BCUT2D eigenvalue weighted by atomic mass is 10.0. The summed E-state index contributed by atoms with van der Waals surface area (Å²) < 4.78 is 11.5. The molecule has 2 atom stereocenters. The SMILES string of the molecule is CC(N)C(OC1CCOCC1)c1cccc(Cl)c1. The van der Waals surface area contributed by atoms with Gasteiger partial charge in [0.05, 0.1) is 12.2 Å². The first-order valence-electron chi connectivity index (χ1n) is 6.41. The summed E-state index contributed by atoms with van der Waals surface area (Å²) in [4.78, 5) is 0. The number of halogens is 1. The average Bonchev–Trinajstić information content (AvgIpc) is 2.37. The van der Waals surface area contributed by atoms with E-state index in [0.717, 1.165) is 31.6 Å². The van der Waals surface area contributed by atoms with Crippen LogP contribution >= 0.6 is 11.6 Å². The molecule has 2 N–H and O–H groups in total. The van der Waals surface area contributed by atoms with Crippen LogP contribution in [0.5, 0.6) is 0 Å². The molecule has 1 fully saturated rings. The van der Waals surface area contributed by atoms with Crippen LogP contribution in [0, 0.1) is 0 Å². The summed E-state index contributed by atoms with van der Waals surface area (Å²) in [5.41, 5.74) is 7.08. The average molecular weight is 270 g/mol. The lowest BCUT2D eigenvalue weighted by Gasteiger charge is -2.30. The fraction of sp³-hybridized carbons (Fsp3) is 0.571. The van der Waals surface area contributed by atoms with Crippen molar-refractivity contribution in [3.63, 3.8) is 0 Å². The van der Waals surface area contributed by atoms with Gasteiger partial charge in [-0.1, -0.05) is 23.7 Å². The van der Waals surface area contributed by atoms with Gasteiger partial charge >= 0.3 is 0 Å². The van der Waals surface area contributed by atoms with Crippen molar-refractivity contribution < 1.29 is 9.47 Å². The molecule has 2 rings (SSSR count). The van der Waals surface area contributed by atoms with Crippen molar-refractivity contribution in [1.82, 2.24) is 0 Å². The summed E-state index contributed by atoms with van der Waals surface area (Å²) in [6.07, 6.45) is 1.99. The van der Waals surface area contributed by atoms with Crippen molar-refractivity contribution in [2.24, 2.45) is 5.73 Å². The fourth-order valence-electron chi connectivity index (χ4n) is 2.21. The van der Waals surface area contributed by atoms with Gasteiger partial charge in [0.2, 0.25) is 0 Å². The molecule has 3 nitrogen and oxygen atoms in total. The molecule has 0 spiro atoms. The first kappa shape index (κ1) is 13.8. The van der Waals surface area contributed by atoms with Crippen molar-refractivity contribution in [3.8, 4) is 0 Å². The van der Waals surface area contributed by atoms with Gasteiger partial charge in [-0.15, -0.1) is 0 Å². The predicted molar refractivity (Wildman–Crippen MR) is 72.8 cm³/mol. The van der Waals surface area contributed by atoms with Crippen molar-refractivity contribution in [3.05, 3.63) is 34.9 Å². The highest BCUT2D eigenvalue weighted by Crippen LogP contribution is 2.27. The molecule has 1 aromatic rings. The van der Waals surface area contributed by atoms with Crippen LogP contribution in [-0.4, -0.2) is 25.4 Å². The van der Waals surface area contributed by atoms with Gasteiger partial charge in [-0.3, -0.25) is 0 Å². The molecule has 0 aromatic heterocycles. The first-order chi connectivity index (χ1) is 8.66. The van der Waals surface area contributed by atoms with Crippen LogP contribution in [0.3, 0.4) is 0 Å². The van der Waals surface area contributed by atoms with Crippen LogP contribution in [0.2, 0.25) is 5.02 Å². The summed E-state index contributed by atoms with van der Waals surface area (Å²) in [6.45, 7) is 3.50. The molecule has 0 aliphatic carbocycles. The molecule has 4 heteroatoms. The van der Waals surface area contributed by atoms with Crippen LogP contribution in [0.1, 0.15) is 31.4 Å². The summed E-state index contributed by atoms with van der Waals surface area (Å²) in [5.74, 6) is 0. The number of nitrogens with two attached hydrogens (primary N) is 1. The largest absolute Gasteiger partial charge is 0.381 e. The maximum atomic E-state index is 6.13. The van der Waals surface area contributed by atoms with E-state index in [2.05, 4.69) is 0 Å². The van der Waals surface area contributed by atoms with E-state index in [0.29, 0.717) is 5.02 Å². The van der Waals surface area contributed by atoms with Crippen molar-refractivity contribution in [2.75, 3.05) is 13.2 Å². The number of rotatable bonds is 4. The summed E-state index contributed by atoms with van der Waals surface area (Å²) in [5, 5.41) is 0.716. The minimum atomic E-state index is -0.105. The third kappa shape index (κ3) is 3.69. The van der Waals surface area contributed by atoms with E-state index in [1.807, 2.05) is 31.2 Å². The molecule has 1 heterocycles. The van der Waals surface area contributed by atoms with E-state index in [1.165, 1.54) is 0 Å². The molecule has 18 heavy (non-hydrogen) atoms. The van der Waals surface area contributed by atoms with E-state index >= 15 is 0 Å². The first-order valence-corrected chi connectivity index (χ1v) is 6.79. The zero-order chi connectivity index (χ0) is 13.0. The highest BCUT2D eigenvalue weighted by atomic mass is 35.5. The van der Waals surface area contributed by atoms with Gasteiger partial charge in [0.1, 0.15) is 0 Å². The van der Waals surface area contributed by atoms with Crippen molar-refractivity contribution in [1.29, 1.82) is 0 Å². The maximum Gasteiger partial charge on any atom is 0.0977 e. The van der Waals surface area contributed by atoms with Crippen molar-refractivity contribution >= 4 is 11.6 Å². The van der Waals surface area contributed by atoms with E-state index in [4.69, 9.17) is 26.8 Å². The third-order valence-electron chi connectivity index (χ3n) is 3.16. The second-order valence-electron chi connectivity index (χ2n) is 4.78. The molecular weight excluding hydrogens is 250 g/mol. The van der Waals surface area contributed by atoms with Crippen LogP contribution in [0.25, 0.3) is 0 Å². The molecule has 0 amide bonds. The van der Waals surface area contributed by atoms with E-state index < -0.39 is 0 Å². The highest BCUT2D eigenvalue weighted by Gasteiger charge is 2.23. The lowest BCUT2D eigenvalue weighted by molar-refractivity contribution is -0.0758. The van der Waals surface area contributed by atoms with Gasteiger partial charge in [0.15, 0.2) is 0 Å². The number of ether oxygens (including phenoxy) is 2. The molecule has 1 saturated heterocycles. The molecular formula is C14H20ClNO2. The molecule has 1 aromatic carbocycles. The Bertz CT molecular complexity index is 378. The quantitative estimate of drug-likeness (QED) is 0.914. The van der Waals surface area contributed by atoms with Crippen LogP contribution in [0.15, 0.2) is 24.3 Å². The Morgan fingerprint density at radius 3 is 2.72 bits per heavy atom. The molecule has 100 valence electrons. The van der Waals surface area contributed by atoms with Gasteiger partial charge in [0, 0.05) is 24.3 Å². The Balaban J connectivity index is 2.07. The predicted octanol–water partition coefficient (Wildman–Crippen LogP) is 2.92. The fourth-order valence-corrected chi connectivity index (χ4v) is 2.41. The zero-order valence-corrected chi connectivity index (χ0v) is 11.4. The minimum Gasteiger partial charge on any atom is -0.381 e. The van der Waals surface area contributed by atoms with Crippen molar-refractivity contribution in [2.45, 2.75) is 38.0 Å². The Morgan fingerprint density at radius 1 is 1.39 bits per heavy atom. The number of hydrogen-bond donors (Lipinski definition) is 1. The molecule has 1 aliphatic rings. The van der Waals surface area contributed by atoms with Gasteiger partial charge in [-0.05, 0) is 37.5 Å². The van der Waals surface area contributed by atoms with Gasteiger partial charge in [-0.2, -0.15) is 0 Å². The topological polar surface area (TPSA) is 44.5 Å². The van der Waals surface area contributed by atoms with Crippen LogP contribution < -0.4 is 5.73 Å². The Kier molecular flexibility index (Phi) is 5.01. The highest BCUT2D eigenvalue weighted by molar-refractivity contribution is 6.30. The monoisotopic (exact) mass is 269 g/mol. The lowest BCUT2D eigenvalue weighted by Crippen LogP contribution is -2.33. The van der Waals surface area contributed by atoms with Crippen LogP contribution in [-0.2, 0) is 9.47 Å². The second-order valence-corrected chi connectivity index (χ2v) is 5.22. The zero-order valence-electron chi connectivity index (χ0n) is 10.6. The molecule has 2 unspecified atom stereocenters. The number of benzene rings is 1. The summed E-state index contributed by atoms with van der Waals surface area (Å²) >= 11 is 6.02. The van der Waals surface area contributed by atoms with Gasteiger partial charge in [-0.25, -0.2) is 0 Å². The summed E-state index contributed by atoms with van der Waals surface area (Å²) in [6, 6.07) is 7.66. The third-order valence-corrected chi connectivity index (χ3v) is 3.40. The normalized spacial score (nSPS) is 20.6. The standard InChI is InChI=1S/C14H20ClNO2/c1-10(16)14(11-3-2-4-12(15)9-11)18-13-5-7-17-8-6-13/h2-4,9-10,13-14H,5-8,16H2,1H3. The number of hydrogen-bond acceptors (Lipinski definition) is 3. The van der Waals surface area contributed by atoms with E-state index in [9.17, 15) is 0 Å². The van der Waals surface area contributed by atoms with E-state index in [1.54, 1.807) is 0 Å². The maximum absolute atomic E-state index is 6.13. The molecule has 0 saturated carbocycles. The van der Waals surface area contributed by atoms with Gasteiger partial charge < -0.3 is 15.2 Å². The molecule has 1 aliphatic heterocycles. The smallest absolute Gasteiger partial charge is 0.0977 e. The Hall–Kier alpha value is -0.610. The van der Waals surface area contributed by atoms with Crippen LogP contribution in [0.4, 0.5) is 0 Å². The Labute approximate surface area is 113 Å². The minimum absolute atomic E-state index is 0.0636. The molecule has 0 radical (unpaired) electrons. The summed E-state index contributed by atoms with van der Waals surface area (Å²) in [7, 11) is 0. The van der Waals surface area contributed by atoms with Gasteiger partial charge in [0.25, 0.3) is 0 Å². The Morgan fingerprint density at radius 2 is 2.11 bits per heavy atom.